The molecule has 1 unspecified atom stereocenters. The average Bonchev–Trinajstić information content (AvgIpc) is 2.07. The Morgan fingerprint density at radius 2 is 2.25 bits per heavy atom. The lowest BCUT2D eigenvalue weighted by atomic mass is 10.0. The normalized spacial score (nSPS) is 20.0. The molecular weight excluding hydrogens is 174 g/mol. The van der Waals surface area contributed by atoms with Gasteiger partial charge in [0.1, 0.15) is 6.10 Å². The van der Waals surface area contributed by atoms with Crippen LogP contribution in [0.15, 0.2) is 30.5 Å². The van der Waals surface area contributed by atoms with Gasteiger partial charge in [0, 0.05) is 16.3 Å². The van der Waals surface area contributed by atoms with Crippen molar-refractivity contribution in [3.05, 3.63) is 41.1 Å². The van der Waals surface area contributed by atoms with Gasteiger partial charge in [-0.15, -0.1) is 0 Å². The van der Waals surface area contributed by atoms with E-state index in [1.54, 1.807) is 24.4 Å². The molecule has 0 aliphatic carbocycles. The molecule has 1 heterocycles. The number of benzene rings is 1. The van der Waals surface area contributed by atoms with Gasteiger partial charge in [-0.2, -0.15) is 0 Å². The van der Waals surface area contributed by atoms with E-state index in [4.69, 9.17) is 11.6 Å². The number of hydrogen-bond donors (Lipinski definition) is 2. The van der Waals surface area contributed by atoms with Crippen LogP contribution in [0.3, 0.4) is 0 Å². The molecule has 1 aromatic rings. The summed E-state index contributed by atoms with van der Waals surface area (Å²) in [6.45, 7) is 0. The predicted molar refractivity (Wildman–Crippen MR) is 49.2 cm³/mol. The SMILES string of the molecule is OC1C=CNc2ccc(Cl)cc21. The van der Waals surface area contributed by atoms with Gasteiger partial charge in [0.2, 0.25) is 0 Å². The van der Waals surface area contributed by atoms with E-state index in [1.165, 1.54) is 0 Å². The van der Waals surface area contributed by atoms with Gasteiger partial charge >= 0.3 is 0 Å². The molecule has 2 nitrogen and oxygen atoms in total. The van der Waals surface area contributed by atoms with Gasteiger partial charge in [0.15, 0.2) is 0 Å². The molecule has 12 heavy (non-hydrogen) atoms. The van der Waals surface area contributed by atoms with Crippen LogP contribution in [-0.4, -0.2) is 5.11 Å². The van der Waals surface area contributed by atoms with Crippen molar-refractivity contribution in [2.45, 2.75) is 6.10 Å². The number of nitrogens with one attached hydrogen (secondary N) is 1. The Bertz CT molecular complexity index is 335. The van der Waals surface area contributed by atoms with Crippen molar-refractivity contribution in [3.63, 3.8) is 0 Å². The van der Waals surface area contributed by atoms with E-state index in [1.807, 2.05) is 6.07 Å². The lowest BCUT2D eigenvalue weighted by Crippen LogP contribution is -2.05. The van der Waals surface area contributed by atoms with Crippen LogP contribution in [-0.2, 0) is 0 Å². The summed E-state index contributed by atoms with van der Waals surface area (Å²) in [7, 11) is 0. The second-order valence-corrected chi connectivity index (χ2v) is 3.12. The highest BCUT2D eigenvalue weighted by Gasteiger charge is 2.12. The van der Waals surface area contributed by atoms with Gasteiger partial charge in [-0.25, -0.2) is 0 Å². The maximum absolute atomic E-state index is 9.50. The van der Waals surface area contributed by atoms with E-state index >= 15 is 0 Å². The highest BCUT2D eigenvalue weighted by atomic mass is 35.5. The number of hydrogen-bond acceptors (Lipinski definition) is 2. The third-order valence-electron chi connectivity index (χ3n) is 1.85. The predicted octanol–water partition coefficient (Wildman–Crippen LogP) is 2.31. The number of anilines is 1. The summed E-state index contributed by atoms with van der Waals surface area (Å²) in [6.07, 6.45) is 2.86. The minimum absolute atomic E-state index is 0.542. The first-order chi connectivity index (χ1) is 5.77. The molecule has 62 valence electrons. The minimum atomic E-state index is -0.542. The topological polar surface area (TPSA) is 32.3 Å². The molecule has 1 aliphatic rings. The fourth-order valence-corrected chi connectivity index (χ4v) is 1.42. The van der Waals surface area contributed by atoms with Gasteiger partial charge in [0.25, 0.3) is 0 Å². The molecule has 0 saturated carbocycles. The van der Waals surface area contributed by atoms with Crippen molar-refractivity contribution >= 4 is 17.3 Å². The molecule has 0 spiro atoms. The van der Waals surface area contributed by atoms with E-state index < -0.39 is 6.10 Å². The zero-order valence-corrected chi connectivity index (χ0v) is 7.05. The van der Waals surface area contributed by atoms with Crippen molar-refractivity contribution in [2.24, 2.45) is 0 Å². The quantitative estimate of drug-likeness (QED) is 0.644. The zero-order valence-electron chi connectivity index (χ0n) is 6.29. The fourth-order valence-electron chi connectivity index (χ4n) is 1.24. The molecule has 0 bridgehead atoms. The van der Waals surface area contributed by atoms with Crippen molar-refractivity contribution in [2.75, 3.05) is 5.32 Å². The fraction of sp³-hybridized carbons (Fsp3) is 0.111. The lowest BCUT2D eigenvalue weighted by Gasteiger charge is -2.17. The third kappa shape index (κ3) is 1.19. The van der Waals surface area contributed by atoms with E-state index in [9.17, 15) is 5.11 Å². The number of aliphatic hydroxyl groups excluding tert-OH is 1. The zero-order chi connectivity index (χ0) is 8.55. The van der Waals surface area contributed by atoms with Crippen LogP contribution >= 0.6 is 11.6 Å². The van der Waals surface area contributed by atoms with Crippen LogP contribution in [0.4, 0.5) is 5.69 Å². The van der Waals surface area contributed by atoms with Crippen LogP contribution in [0.5, 0.6) is 0 Å². The summed E-state index contributed by atoms with van der Waals surface area (Å²) in [5.41, 5.74) is 1.74. The van der Waals surface area contributed by atoms with Crippen molar-refractivity contribution < 1.29 is 5.11 Å². The van der Waals surface area contributed by atoms with Crippen LogP contribution in [0, 0.1) is 0 Å². The summed E-state index contributed by atoms with van der Waals surface area (Å²) >= 11 is 5.78. The molecule has 0 fully saturated rings. The molecule has 2 N–H and O–H groups in total. The monoisotopic (exact) mass is 181 g/mol. The first-order valence-corrected chi connectivity index (χ1v) is 4.06. The van der Waals surface area contributed by atoms with Gasteiger partial charge < -0.3 is 10.4 Å². The number of halogens is 1. The van der Waals surface area contributed by atoms with E-state index in [2.05, 4.69) is 5.32 Å². The standard InChI is InChI=1S/C9H8ClNO/c10-6-1-2-8-7(5-6)9(12)3-4-11-8/h1-5,9,11-12H. The second kappa shape index (κ2) is 2.81. The van der Waals surface area contributed by atoms with Gasteiger partial charge in [-0.1, -0.05) is 11.6 Å². The van der Waals surface area contributed by atoms with E-state index in [0.29, 0.717) is 5.02 Å². The molecule has 0 radical (unpaired) electrons. The summed E-state index contributed by atoms with van der Waals surface area (Å²) in [4.78, 5) is 0. The Balaban J connectivity index is 2.52. The summed E-state index contributed by atoms with van der Waals surface area (Å²) in [5, 5.41) is 13.2. The van der Waals surface area contributed by atoms with Gasteiger partial charge in [-0.3, -0.25) is 0 Å². The molecule has 1 aromatic carbocycles. The lowest BCUT2D eigenvalue weighted by molar-refractivity contribution is 0.228. The molecular formula is C9H8ClNO. The van der Waals surface area contributed by atoms with Gasteiger partial charge in [-0.05, 0) is 30.5 Å². The van der Waals surface area contributed by atoms with Crippen molar-refractivity contribution in [1.82, 2.24) is 0 Å². The summed E-state index contributed by atoms with van der Waals surface area (Å²) in [5.74, 6) is 0. The summed E-state index contributed by atoms with van der Waals surface area (Å²) < 4.78 is 0. The van der Waals surface area contributed by atoms with E-state index in [-0.39, 0.29) is 0 Å². The van der Waals surface area contributed by atoms with Crippen molar-refractivity contribution in [3.8, 4) is 0 Å². The number of aliphatic hydroxyl groups is 1. The molecule has 2 rings (SSSR count). The number of rotatable bonds is 0. The molecule has 0 amide bonds. The first kappa shape index (κ1) is 7.65. The van der Waals surface area contributed by atoms with E-state index in [0.717, 1.165) is 11.3 Å². The highest BCUT2D eigenvalue weighted by molar-refractivity contribution is 6.30. The molecule has 1 aliphatic heterocycles. The van der Waals surface area contributed by atoms with Crippen LogP contribution in [0.25, 0.3) is 0 Å². The Morgan fingerprint density at radius 3 is 3.08 bits per heavy atom. The maximum atomic E-state index is 9.50. The third-order valence-corrected chi connectivity index (χ3v) is 2.08. The summed E-state index contributed by atoms with van der Waals surface area (Å²) in [6, 6.07) is 5.40. The average molecular weight is 182 g/mol. The minimum Gasteiger partial charge on any atom is -0.384 e. The molecule has 1 atom stereocenters. The smallest absolute Gasteiger partial charge is 0.101 e. The number of fused-ring (bicyclic) bond motifs is 1. The van der Waals surface area contributed by atoms with Gasteiger partial charge in [0.05, 0.1) is 0 Å². The highest BCUT2D eigenvalue weighted by Crippen LogP contribution is 2.29. The van der Waals surface area contributed by atoms with Crippen LogP contribution in [0.2, 0.25) is 5.02 Å². The molecule has 3 heteroatoms. The molecule has 0 saturated heterocycles. The second-order valence-electron chi connectivity index (χ2n) is 2.68. The largest absolute Gasteiger partial charge is 0.384 e. The van der Waals surface area contributed by atoms with Crippen LogP contribution < -0.4 is 5.32 Å². The Morgan fingerprint density at radius 1 is 1.42 bits per heavy atom. The Kier molecular flexibility index (Phi) is 1.79. The Hall–Kier alpha value is -0.990. The Labute approximate surface area is 75.5 Å². The molecule has 0 aromatic heterocycles. The maximum Gasteiger partial charge on any atom is 0.101 e. The van der Waals surface area contributed by atoms with Crippen LogP contribution in [0.1, 0.15) is 11.7 Å². The van der Waals surface area contributed by atoms with Crippen molar-refractivity contribution in [1.29, 1.82) is 0 Å². The first-order valence-electron chi connectivity index (χ1n) is 3.68.